The van der Waals surface area contributed by atoms with Crippen molar-refractivity contribution >= 4 is 57.5 Å². The Morgan fingerprint density at radius 2 is 1.91 bits per heavy atom. The molecule has 0 bridgehead atoms. The van der Waals surface area contributed by atoms with Gasteiger partial charge in [0.25, 0.3) is 11.5 Å². The number of hydrogen-bond donors (Lipinski definition) is 0. The number of methoxy groups -OCH3 is 1. The number of ether oxygens (including phenoxy) is 1. The summed E-state index contributed by atoms with van der Waals surface area (Å²) < 4.78 is 8.48. The van der Waals surface area contributed by atoms with Gasteiger partial charge in [0.2, 0.25) is 0 Å². The Morgan fingerprint density at radius 3 is 2.51 bits per heavy atom. The number of fused-ring (bicyclic) bond motifs is 1. The zero-order valence-corrected chi connectivity index (χ0v) is 23.6. The summed E-state index contributed by atoms with van der Waals surface area (Å²) in [7, 11) is 1.63. The number of benzene rings is 2. The van der Waals surface area contributed by atoms with Gasteiger partial charge in [-0.2, -0.15) is 0 Å². The van der Waals surface area contributed by atoms with E-state index in [1.165, 1.54) is 11.3 Å². The first-order valence-corrected chi connectivity index (χ1v) is 13.5. The van der Waals surface area contributed by atoms with Crippen LogP contribution in [0.2, 0.25) is 5.02 Å². The summed E-state index contributed by atoms with van der Waals surface area (Å²) in [6.07, 6.45) is 1.86. The quantitative estimate of drug-likeness (QED) is 0.384. The number of thiazole rings is 1. The summed E-state index contributed by atoms with van der Waals surface area (Å²) >= 11 is 9.68. The Hall–Kier alpha value is -2.43. The predicted octanol–water partition coefficient (Wildman–Crippen LogP) is 4.37. The molecule has 0 saturated heterocycles. The van der Waals surface area contributed by atoms with Crippen LogP contribution in [0.1, 0.15) is 37.9 Å². The molecule has 4 rings (SSSR count). The highest BCUT2D eigenvalue weighted by Crippen LogP contribution is 2.32. The van der Waals surface area contributed by atoms with E-state index in [-0.39, 0.29) is 11.5 Å². The molecular formula is C26H25ClIN3O3S. The minimum atomic E-state index is -0.588. The third kappa shape index (κ3) is 4.96. The Labute approximate surface area is 226 Å². The third-order valence-corrected chi connectivity index (χ3v) is 8.04. The van der Waals surface area contributed by atoms with Gasteiger partial charge in [-0.05, 0) is 84.8 Å². The molecule has 1 aliphatic rings. The second-order valence-electron chi connectivity index (χ2n) is 8.00. The number of aromatic nitrogens is 1. The van der Waals surface area contributed by atoms with E-state index in [2.05, 4.69) is 22.6 Å². The van der Waals surface area contributed by atoms with Gasteiger partial charge in [-0.15, -0.1) is 0 Å². The highest BCUT2D eigenvalue weighted by molar-refractivity contribution is 14.1. The van der Waals surface area contributed by atoms with Gasteiger partial charge in [0, 0.05) is 18.1 Å². The van der Waals surface area contributed by atoms with Gasteiger partial charge >= 0.3 is 0 Å². The van der Waals surface area contributed by atoms with Crippen molar-refractivity contribution in [2.75, 3.05) is 20.2 Å². The number of carbonyl (C=O) groups is 1. The maximum absolute atomic E-state index is 13.7. The van der Waals surface area contributed by atoms with Crippen LogP contribution in [0.4, 0.5) is 0 Å². The predicted molar refractivity (Wildman–Crippen MR) is 149 cm³/mol. The second-order valence-corrected chi connectivity index (χ2v) is 10.6. The smallest absolute Gasteiger partial charge is 0.271 e. The third-order valence-electron chi connectivity index (χ3n) is 5.96. The van der Waals surface area contributed by atoms with Gasteiger partial charge in [0.1, 0.15) is 5.75 Å². The number of nitrogens with zero attached hydrogens (tertiary/aromatic N) is 3. The molecule has 1 atom stereocenters. The Kier molecular flexibility index (Phi) is 7.83. The van der Waals surface area contributed by atoms with Crippen molar-refractivity contribution in [2.45, 2.75) is 26.8 Å². The van der Waals surface area contributed by atoms with Crippen LogP contribution < -0.4 is 19.6 Å². The van der Waals surface area contributed by atoms with Crippen molar-refractivity contribution in [1.29, 1.82) is 0 Å². The van der Waals surface area contributed by atoms with Crippen LogP contribution in [-0.4, -0.2) is 35.6 Å². The van der Waals surface area contributed by atoms with Gasteiger partial charge < -0.3 is 9.64 Å². The molecule has 1 aliphatic heterocycles. The fourth-order valence-corrected chi connectivity index (χ4v) is 6.09. The number of carbonyl (C=O) groups excluding carboxylic acids is 1. The molecule has 1 aromatic heterocycles. The number of rotatable bonds is 6. The first kappa shape index (κ1) is 25.7. The number of hydrogen-bond acceptors (Lipinski definition) is 5. The molecule has 0 unspecified atom stereocenters. The summed E-state index contributed by atoms with van der Waals surface area (Å²) in [5.41, 5.74) is 2.64. The van der Waals surface area contributed by atoms with Crippen LogP contribution in [0.15, 0.2) is 63.5 Å². The monoisotopic (exact) mass is 621 g/mol. The maximum Gasteiger partial charge on any atom is 0.271 e. The number of allylic oxidation sites excluding steroid dienone is 1. The second kappa shape index (κ2) is 10.7. The summed E-state index contributed by atoms with van der Waals surface area (Å²) in [6.45, 7) is 6.86. The van der Waals surface area contributed by atoms with E-state index in [1.807, 2.05) is 57.2 Å². The van der Waals surface area contributed by atoms with Gasteiger partial charge in [-0.25, -0.2) is 4.99 Å². The Balaban J connectivity index is 1.93. The van der Waals surface area contributed by atoms with Crippen molar-refractivity contribution in [2.24, 2.45) is 4.99 Å². The van der Waals surface area contributed by atoms with Crippen LogP contribution in [0.25, 0.3) is 6.08 Å². The minimum Gasteiger partial charge on any atom is -0.496 e. The minimum absolute atomic E-state index is 0.116. The summed E-state index contributed by atoms with van der Waals surface area (Å²) in [5.74, 6) is 0.664. The lowest BCUT2D eigenvalue weighted by molar-refractivity contribution is -0.127. The highest BCUT2D eigenvalue weighted by atomic mass is 127. The molecule has 0 radical (unpaired) electrons. The topological polar surface area (TPSA) is 63.9 Å². The SMILES string of the molecule is CCN(CC)C(=O)C1=C(C)N=c2s/c(=C/c3ccc(OC)c(I)c3)c(=O)n2[C@H]1c1ccc(Cl)cc1. The van der Waals surface area contributed by atoms with E-state index in [9.17, 15) is 9.59 Å². The van der Waals surface area contributed by atoms with E-state index in [1.54, 1.807) is 28.7 Å². The zero-order chi connectivity index (χ0) is 25.3. The molecule has 2 aromatic carbocycles. The van der Waals surface area contributed by atoms with E-state index < -0.39 is 6.04 Å². The van der Waals surface area contributed by atoms with E-state index >= 15 is 0 Å². The molecule has 0 saturated carbocycles. The van der Waals surface area contributed by atoms with Crippen LogP contribution in [0, 0.1) is 3.57 Å². The number of amides is 1. The zero-order valence-electron chi connectivity index (χ0n) is 19.8. The van der Waals surface area contributed by atoms with E-state index in [0.717, 1.165) is 20.4 Å². The first-order valence-electron chi connectivity index (χ1n) is 11.2. The summed E-state index contributed by atoms with van der Waals surface area (Å²) in [5, 5.41) is 0.590. The lowest BCUT2D eigenvalue weighted by Gasteiger charge is -2.29. The van der Waals surface area contributed by atoms with E-state index in [0.29, 0.717) is 38.7 Å². The first-order chi connectivity index (χ1) is 16.8. The highest BCUT2D eigenvalue weighted by Gasteiger charge is 2.34. The molecule has 1 amide bonds. The molecule has 182 valence electrons. The Morgan fingerprint density at radius 1 is 1.23 bits per heavy atom. The molecule has 0 N–H and O–H groups in total. The molecule has 2 heterocycles. The van der Waals surface area contributed by atoms with Crippen molar-refractivity contribution in [1.82, 2.24) is 9.47 Å². The fraction of sp³-hybridized carbons (Fsp3) is 0.269. The fourth-order valence-electron chi connectivity index (χ4n) is 4.16. The molecule has 0 spiro atoms. The number of likely N-dealkylation sites (N-methyl/N-ethyl adjacent to an activating group) is 1. The van der Waals surface area contributed by atoms with Crippen molar-refractivity contribution < 1.29 is 9.53 Å². The normalized spacial score (nSPS) is 15.6. The van der Waals surface area contributed by atoms with Gasteiger partial charge in [-0.1, -0.05) is 41.1 Å². The molecule has 0 fully saturated rings. The van der Waals surface area contributed by atoms with Crippen molar-refractivity contribution in [3.63, 3.8) is 0 Å². The standard InChI is InChI=1S/C26H25ClIN3O3S/c1-5-30(6-2)25(33)22-15(3)29-26-31(23(22)17-8-10-18(27)11-9-17)24(32)21(35-26)14-16-7-12-20(34-4)19(28)13-16/h7-14,23H,5-6H2,1-4H3/b21-14+/t23-/m0/s1. The van der Waals surface area contributed by atoms with Crippen LogP contribution in [-0.2, 0) is 4.79 Å². The van der Waals surface area contributed by atoms with Crippen LogP contribution in [0.5, 0.6) is 5.75 Å². The molecular weight excluding hydrogens is 597 g/mol. The van der Waals surface area contributed by atoms with Crippen LogP contribution >= 0.6 is 45.5 Å². The van der Waals surface area contributed by atoms with Crippen molar-refractivity contribution in [3.8, 4) is 5.75 Å². The largest absolute Gasteiger partial charge is 0.496 e. The Bertz CT molecular complexity index is 1490. The van der Waals surface area contributed by atoms with Crippen LogP contribution in [0.3, 0.4) is 0 Å². The summed E-state index contributed by atoms with van der Waals surface area (Å²) in [6, 6.07) is 12.5. The average Bonchev–Trinajstić information content (AvgIpc) is 3.14. The molecule has 6 nitrogen and oxygen atoms in total. The lowest BCUT2D eigenvalue weighted by Crippen LogP contribution is -2.43. The molecule has 35 heavy (non-hydrogen) atoms. The van der Waals surface area contributed by atoms with E-state index in [4.69, 9.17) is 21.3 Å². The average molecular weight is 622 g/mol. The maximum atomic E-state index is 13.7. The van der Waals surface area contributed by atoms with Gasteiger partial charge in [0.15, 0.2) is 4.80 Å². The lowest BCUT2D eigenvalue weighted by atomic mass is 9.94. The molecule has 9 heteroatoms. The molecule has 3 aromatic rings. The van der Waals surface area contributed by atoms with Gasteiger partial charge in [0.05, 0.1) is 32.5 Å². The van der Waals surface area contributed by atoms with Crippen molar-refractivity contribution in [3.05, 3.63) is 93.1 Å². The van der Waals surface area contributed by atoms with Gasteiger partial charge in [-0.3, -0.25) is 14.2 Å². The summed E-state index contributed by atoms with van der Waals surface area (Å²) in [4.78, 5) is 34.4. The number of halogens is 2. The molecule has 0 aliphatic carbocycles.